The number of hydrogen-bond donors (Lipinski definition) is 1. The van der Waals surface area contributed by atoms with Gasteiger partial charge in [-0.05, 0) is 18.9 Å². The van der Waals surface area contributed by atoms with Gasteiger partial charge in [-0.3, -0.25) is 9.59 Å². The third-order valence-electron chi connectivity index (χ3n) is 3.77. The van der Waals surface area contributed by atoms with Crippen LogP contribution in [-0.2, 0) is 14.3 Å². The molecule has 2 unspecified atom stereocenters. The molecule has 1 amide bonds. The Morgan fingerprint density at radius 2 is 2.20 bits per heavy atom. The maximum atomic E-state index is 12.4. The van der Waals surface area contributed by atoms with E-state index in [0.29, 0.717) is 6.54 Å². The number of amides is 1. The Labute approximate surface area is 118 Å². The summed E-state index contributed by atoms with van der Waals surface area (Å²) in [7, 11) is 0. The maximum absolute atomic E-state index is 12.4. The monoisotopic (exact) mass is 273 g/mol. The van der Waals surface area contributed by atoms with Crippen molar-refractivity contribution in [3.63, 3.8) is 0 Å². The standard InChI is InChI=1S/C16H19NO3/c1-3-10-16(15(19)20-4-2)13(11-17-14(16)18)12-8-6-5-7-9-12/h3,5-9,13H,1,4,10-11H2,2H3,(H,17,18). The van der Waals surface area contributed by atoms with E-state index >= 15 is 0 Å². The van der Waals surface area contributed by atoms with Crippen molar-refractivity contribution in [3.8, 4) is 0 Å². The lowest BCUT2D eigenvalue weighted by molar-refractivity contribution is -0.159. The van der Waals surface area contributed by atoms with Gasteiger partial charge in [0.05, 0.1) is 6.61 Å². The lowest BCUT2D eigenvalue weighted by atomic mass is 9.71. The fourth-order valence-corrected chi connectivity index (χ4v) is 2.81. The largest absolute Gasteiger partial charge is 0.465 e. The van der Waals surface area contributed by atoms with Crippen molar-refractivity contribution in [2.75, 3.05) is 13.2 Å². The summed E-state index contributed by atoms with van der Waals surface area (Å²) in [4.78, 5) is 24.7. The first-order chi connectivity index (χ1) is 9.66. The lowest BCUT2D eigenvalue weighted by Gasteiger charge is -2.29. The fourth-order valence-electron chi connectivity index (χ4n) is 2.81. The summed E-state index contributed by atoms with van der Waals surface area (Å²) in [5.74, 6) is -0.971. The molecule has 106 valence electrons. The first kappa shape index (κ1) is 14.3. The molecule has 1 saturated heterocycles. The van der Waals surface area contributed by atoms with Gasteiger partial charge in [-0.25, -0.2) is 0 Å². The number of carbonyl (C=O) groups excluding carboxylic acids is 2. The Balaban J connectivity index is 2.46. The summed E-state index contributed by atoms with van der Waals surface area (Å²) in [6.45, 7) is 6.12. The van der Waals surface area contributed by atoms with Crippen LogP contribution in [0.25, 0.3) is 0 Å². The van der Waals surface area contributed by atoms with E-state index in [1.165, 1.54) is 0 Å². The molecule has 20 heavy (non-hydrogen) atoms. The minimum atomic E-state index is -1.20. The smallest absolute Gasteiger partial charge is 0.322 e. The number of nitrogens with one attached hydrogen (secondary N) is 1. The molecule has 1 aromatic rings. The summed E-state index contributed by atoms with van der Waals surface area (Å²) in [5, 5.41) is 2.80. The van der Waals surface area contributed by atoms with Crippen LogP contribution in [0.3, 0.4) is 0 Å². The van der Waals surface area contributed by atoms with Gasteiger partial charge in [0.1, 0.15) is 0 Å². The van der Waals surface area contributed by atoms with Crippen LogP contribution in [0.5, 0.6) is 0 Å². The third-order valence-corrected chi connectivity index (χ3v) is 3.77. The first-order valence-electron chi connectivity index (χ1n) is 6.78. The number of hydrogen-bond acceptors (Lipinski definition) is 3. The van der Waals surface area contributed by atoms with Crippen LogP contribution in [0, 0.1) is 5.41 Å². The van der Waals surface area contributed by atoms with Gasteiger partial charge in [-0.1, -0.05) is 36.4 Å². The minimum absolute atomic E-state index is 0.228. The first-order valence-corrected chi connectivity index (χ1v) is 6.78. The van der Waals surface area contributed by atoms with Crippen LogP contribution >= 0.6 is 0 Å². The second-order valence-electron chi connectivity index (χ2n) is 4.86. The van der Waals surface area contributed by atoms with Crippen LogP contribution in [0.2, 0.25) is 0 Å². The van der Waals surface area contributed by atoms with Crippen molar-refractivity contribution < 1.29 is 14.3 Å². The topological polar surface area (TPSA) is 55.4 Å². The Morgan fingerprint density at radius 3 is 2.80 bits per heavy atom. The molecule has 2 atom stereocenters. The van der Waals surface area contributed by atoms with Crippen molar-refractivity contribution in [2.24, 2.45) is 5.41 Å². The SMILES string of the molecule is C=CCC1(C(=O)OCC)C(=O)NCC1c1ccccc1. The van der Waals surface area contributed by atoms with Gasteiger partial charge in [0.15, 0.2) is 5.41 Å². The van der Waals surface area contributed by atoms with E-state index in [0.717, 1.165) is 5.56 Å². The van der Waals surface area contributed by atoms with Gasteiger partial charge in [0, 0.05) is 12.5 Å². The fraction of sp³-hybridized carbons (Fsp3) is 0.375. The number of allylic oxidation sites excluding steroid dienone is 1. The number of carbonyl (C=O) groups is 2. The highest BCUT2D eigenvalue weighted by molar-refractivity contribution is 6.05. The number of rotatable bonds is 5. The average molecular weight is 273 g/mol. The van der Waals surface area contributed by atoms with Gasteiger partial charge in [0.25, 0.3) is 0 Å². The number of benzene rings is 1. The molecular formula is C16H19NO3. The molecule has 1 heterocycles. The van der Waals surface area contributed by atoms with E-state index < -0.39 is 11.4 Å². The second kappa shape index (κ2) is 5.90. The maximum Gasteiger partial charge on any atom is 0.322 e. The highest BCUT2D eigenvalue weighted by Gasteiger charge is 2.56. The zero-order valence-electron chi connectivity index (χ0n) is 11.6. The van der Waals surface area contributed by atoms with E-state index in [9.17, 15) is 9.59 Å². The predicted octanol–water partition coefficient (Wildman–Crippen LogP) is 2.03. The molecule has 0 radical (unpaired) electrons. The van der Waals surface area contributed by atoms with Crippen molar-refractivity contribution in [2.45, 2.75) is 19.3 Å². The van der Waals surface area contributed by atoms with E-state index in [1.54, 1.807) is 13.0 Å². The summed E-state index contributed by atoms with van der Waals surface area (Å²) in [6.07, 6.45) is 1.88. The normalized spacial score (nSPS) is 25.1. The minimum Gasteiger partial charge on any atom is -0.465 e. The van der Waals surface area contributed by atoms with Crippen LogP contribution in [0.1, 0.15) is 24.8 Å². The summed E-state index contributed by atoms with van der Waals surface area (Å²) in [6, 6.07) is 9.58. The molecule has 0 spiro atoms. The summed E-state index contributed by atoms with van der Waals surface area (Å²) >= 11 is 0. The van der Waals surface area contributed by atoms with Crippen LogP contribution in [0.4, 0.5) is 0 Å². The quantitative estimate of drug-likeness (QED) is 0.507. The average Bonchev–Trinajstić information content (AvgIpc) is 2.79. The molecule has 0 saturated carbocycles. The molecule has 1 aromatic carbocycles. The lowest BCUT2D eigenvalue weighted by Crippen LogP contribution is -2.43. The van der Waals surface area contributed by atoms with E-state index in [4.69, 9.17) is 4.74 Å². The molecule has 1 aliphatic rings. The summed E-state index contributed by atoms with van der Waals surface area (Å²) in [5.41, 5.74) is -0.236. The highest BCUT2D eigenvalue weighted by Crippen LogP contribution is 2.44. The predicted molar refractivity (Wildman–Crippen MR) is 76.1 cm³/mol. The van der Waals surface area contributed by atoms with Crippen molar-refractivity contribution >= 4 is 11.9 Å². The molecule has 4 nitrogen and oxygen atoms in total. The Kier molecular flexibility index (Phi) is 4.23. The van der Waals surface area contributed by atoms with E-state index in [1.807, 2.05) is 30.3 Å². The third kappa shape index (κ3) is 2.22. The zero-order valence-corrected chi connectivity index (χ0v) is 11.6. The van der Waals surface area contributed by atoms with Gasteiger partial charge in [-0.2, -0.15) is 0 Å². The zero-order chi connectivity index (χ0) is 14.6. The van der Waals surface area contributed by atoms with Crippen molar-refractivity contribution in [1.82, 2.24) is 5.32 Å². The molecule has 0 aromatic heterocycles. The molecule has 4 heteroatoms. The second-order valence-corrected chi connectivity index (χ2v) is 4.86. The van der Waals surface area contributed by atoms with Crippen LogP contribution in [0.15, 0.2) is 43.0 Å². The number of esters is 1. The molecule has 2 rings (SSSR count). The molecule has 0 aliphatic carbocycles. The Hall–Kier alpha value is -2.10. The molecular weight excluding hydrogens is 254 g/mol. The van der Waals surface area contributed by atoms with Gasteiger partial charge in [-0.15, -0.1) is 6.58 Å². The highest BCUT2D eigenvalue weighted by atomic mass is 16.5. The van der Waals surface area contributed by atoms with Crippen molar-refractivity contribution in [1.29, 1.82) is 0 Å². The van der Waals surface area contributed by atoms with Crippen LogP contribution < -0.4 is 5.32 Å². The van der Waals surface area contributed by atoms with Gasteiger partial charge >= 0.3 is 5.97 Å². The van der Waals surface area contributed by atoms with E-state index in [2.05, 4.69) is 11.9 Å². The van der Waals surface area contributed by atoms with Gasteiger partial charge in [0.2, 0.25) is 5.91 Å². The number of ether oxygens (including phenoxy) is 1. The van der Waals surface area contributed by atoms with Gasteiger partial charge < -0.3 is 10.1 Å². The molecule has 1 aliphatic heterocycles. The molecule has 0 bridgehead atoms. The van der Waals surface area contributed by atoms with Crippen LogP contribution in [-0.4, -0.2) is 25.0 Å². The molecule has 1 fully saturated rings. The summed E-state index contributed by atoms with van der Waals surface area (Å²) < 4.78 is 5.16. The van der Waals surface area contributed by atoms with E-state index in [-0.39, 0.29) is 24.9 Å². The Bertz CT molecular complexity index is 512. The van der Waals surface area contributed by atoms with Crippen molar-refractivity contribution in [3.05, 3.63) is 48.6 Å². The molecule has 1 N–H and O–H groups in total. The Morgan fingerprint density at radius 1 is 1.50 bits per heavy atom.